The number of hydrogen-bond donors (Lipinski definition) is 2. The van der Waals surface area contributed by atoms with Gasteiger partial charge in [0.05, 0.1) is 13.1 Å². The summed E-state index contributed by atoms with van der Waals surface area (Å²) in [6.45, 7) is 3.59. The number of fused-ring (bicyclic) bond motifs is 2. The predicted octanol–water partition coefficient (Wildman–Crippen LogP) is 3.70. The normalized spacial score (nSPS) is 11.2. The topological polar surface area (TPSA) is 54.8 Å². The molecular weight excluding hydrogens is 310 g/mol. The zero-order chi connectivity index (χ0) is 17.2. The highest BCUT2D eigenvalue weighted by atomic mass is 16.3. The minimum atomic E-state index is 0.0735. The molecule has 0 aliphatic rings. The SMILES string of the molecule is CCC[n+]1c(NCc2c([O-])ccc3ccccc23)[nH]c2ccccc21. The Labute approximate surface area is 146 Å². The number of H-pyrrole nitrogens is 1. The molecule has 0 atom stereocenters. The van der Waals surface area contributed by atoms with Crippen molar-refractivity contribution in [2.24, 2.45) is 0 Å². The third-order valence-corrected chi connectivity index (χ3v) is 4.60. The molecule has 0 amide bonds. The lowest BCUT2D eigenvalue weighted by Crippen LogP contribution is -2.35. The minimum absolute atomic E-state index is 0.0735. The van der Waals surface area contributed by atoms with Gasteiger partial charge in [0.15, 0.2) is 0 Å². The smallest absolute Gasteiger partial charge is 0.356 e. The quantitative estimate of drug-likeness (QED) is 0.548. The van der Waals surface area contributed by atoms with Crippen LogP contribution in [-0.2, 0) is 13.1 Å². The molecule has 0 aliphatic heterocycles. The molecule has 0 fully saturated rings. The summed E-state index contributed by atoms with van der Waals surface area (Å²) in [7, 11) is 0. The summed E-state index contributed by atoms with van der Waals surface area (Å²) in [5, 5.41) is 17.9. The van der Waals surface area contributed by atoms with E-state index in [-0.39, 0.29) is 5.75 Å². The Morgan fingerprint density at radius 1 is 1.00 bits per heavy atom. The van der Waals surface area contributed by atoms with E-state index in [1.807, 2.05) is 42.5 Å². The Hall–Kier alpha value is -3.01. The van der Waals surface area contributed by atoms with Crippen molar-refractivity contribution in [2.75, 3.05) is 5.32 Å². The van der Waals surface area contributed by atoms with Gasteiger partial charge in [0.25, 0.3) is 0 Å². The number of nitrogens with zero attached hydrogens (tertiary/aromatic N) is 1. The van der Waals surface area contributed by atoms with Crippen LogP contribution >= 0.6 is 0 Å². The first-order chi connectivity index (χ1) is 12.3. The van der Waals surface area contributed by atoms with Gasteiger partial charge in [0, 0.05) is 0 Å². The van der Waals surface area contributed by atoms with E-state index < -0.39 is 0 Å². The lowest BCUT2D eigenvalue weighted by atomic mass is 10.0. The molecule has 1 heterocycles. The van der Waals surface area contributed by atoms with E-state index >= 15 is 0 Å². The van der Waals surface area contributed by atoms with Crippen molar-refractivity contribution < 1.29 is 9.67 Å². The van der Waals surface area contributed by atoms with Gasteiger partial charge in [-0.25, -0.2) is 9.55 Å². The average Bonchev–Trinajstić information content (AvgIpc) is 2.99. The lowest BCUT2D eigenvalue weighted by Gasteiger charge is -2.15. The Morgan fingerprint density at radius 2 is 1.80 bits per heavy atom. The molecular formula is C21H21N3O. The van der Waals surface area contributed by atoms with Gasteiger partial charge < -0.3 is 5.11 Å². The number of aromatic nitrogens is 2. The van der Waals surface area contributed by atoms with Crippen LogP contribution in [0.2, 0.25) is 0 Å². The van der Waals surface area contributed by atoms with Gasteiger partial charge in [-0.1, -0.05) is 55.5 Å². The molecule has 0 bridgehead atoms. The molecule has 0 radical (unpaired) electrons. The first-order valence-corrected chi connectivity index (χ1v) is 8.70. The summed E-state index contributed by atoms with van der Waals surface area (Å²) >= 11 is 0. The number of para-hydroxylation sites is 2. The fraction of sp³-hybridized carbons (Fsp3) is 0.190. The summed E-state index contributed by atoms with van der Waals surface area (Å²) < 4.78 is 2.24. The van der Waals surface area contributed by atoms with Crippen LogP contribution in [0, 0.1) is 0 Å². The Kier molecular flexibility index (Phi) is 4.02. The van der Waals surface area contributed by atoms with Crippen molar-refractivity contribution in [3.8, 4) is 5.75 Å². The number of imidazole rings is 1. The fourth-order valence-electron chi connectivity index (χ4n) is 3.40. The van der Waals surface area contributed by atoms with Crippen molar-refractivity contribution in [3.05, 3.63) is 66.2 Å². The van der Waals surface area contributed by atoms with Gasteiger partial charge in [-0.15, -0.1) is 5.75 Å². The molecule has 4 rings (SSSR count). The van der Waals surface area contributed by atoms with Crippen LogP contribution in [0.1, 0.15) is 18.9 Å². The molecule has 3 aromatic carbocycles. The summed E-state index contributed by atoms with van der Waals surface area (Å²) in [6.07, 6.45) is 1.04. The molecule has 0 spiro atoms. The molecule has 0 saturated heterocycles. The van der Waals surface area contributed by atoms with Crippen molar-refractivity contribution in [1.82, 2.24) is 4.98 Å². The van der Waals surface area contributed by atoms with Crippen LogP contribution in [0.4, 0.5) is 5.95 Å². The van der Waals surface area contributed by atoms with Crippen LogP contribution in [0.3, 0.4) is 0 Å². The lowest BCUT2D eigenvalue weighted by molar-refractivity contribution is -0.657. The van der Waals surface area contributed by atoms with Crippen LogP contribution in [0.5, 0.6) is 5.75 Å². The number of anilines is 1. The molecule has 4 aromatic rings. The molecule has 126 valence electrons. The van der Waals surface area contributed by atoms with E-state index in [9.17, 15) is 5.11 Å². The van der Waals surface area contributed by atoms with Gasteiger partial charge in [-0.2, -0.15) is 0 Å². The average molecular weight is 331 g/mol. The van der Waals surface area contributed by atoms with Crippen LogP contribution in [0.25, 0.3) is 21.8 Å². The fourth-order valence-corrected chi connectivity index (χ4v) is 3.40. The number of rotatable bonds is 5. The monoisotopic (exact) mass is 331 g/mol. The second-order valence-corrected chi connectivity index (χ2v) is 6.26. The highest BCUT2D eigenvalue weighted by molar-refractivity contribution is 5.87. The van der Waals surface area contributed by atoms with Crippen molar-refractivity contribution in [3.63, 3.8) is 0 Å². The molecule has 0 unspecified atom stereocenters. The first kappa shape index (κ1) is 15.5. The van der Waals surface area contributed by atoms with Crippen molar-refractivity contribution in [2.45, 2.75) is 26.4 Å². The number of hydrogen-bond acceptors (Lipinski definition) is 2. The molecule has 25 heavy (non-hydrogen) atoms. The standard InChI is InChI=1S/C21H21N3O/c1-2-13-24-19-10-6-5-9-18(19)23-21(24)22-14-17-16-8-4-3-7-15(16)11-12-20(17)25/h3-12H,2,13-14H2,1H3,(H2,22,23,25). The van der Waals surface area contributed by atoms with E-state index in [1.165, 1.54) is 5.52 Å². The van der Waals surface area contributed by atoms with E-state index in [0.717, 1.165) is 40.8 Å². The van der Waals surface area contributed by atoms with E-state index in [2.05, 4.69) is 33.9 Å². The Morgan fingerprint density at radius 3 is 2.68 bits per heavy atom. The third kappa shape index (κ3) is 2.80. The highest BCUT2D eigenvalue weighted by Crippen LogP contribution is 2.26. The third-order valence-electron chi connectivity index (χ3n) is 4.60. The maximum Gasteiger partial charge on any atom is 0.356 e. The Balaban J connectivity index is 1.71. The molecule has 2 N–H and O–H groups in total. The van der Waals surface area contributed by atoms with E-state index in [1.54, 1.807) is 6.07 Å². The van der Waals surface area contributed by atoms with Crippen molar-refractivity contribution >= 4 is 27.8 Å². The van der Waals surface area contributed by atoms with E-state index in [0.29, 0.717) is 6.54 Å². The van der Waals surface area contributed by atoms with Crippen LogP contribution < -0.4 is 15.0 Å². The molecule has 1 aromatic heterocycles. The largest absolute Gasteiger partial charge is 0.872 e. The first-order valence-electron chi connectivity index (χ1n) is 8.70. The summed E-state index contributed by atoms with van der Waals surface area (Å²) in [5.41, 5.74) is 3.07. The highest BCUT2D eigenvalue weighted by Gasteiger charge is 2.16. The number of nitrogens with one attached hydrogen (secondary N) is 2. The van der Waals surface area contributed by atoms with Crippen LogP contribution in [0.15, 0.2) is 60.7 Å². The van der Waals surface area contributed by atoms with E-state index in [4.69, 9.17) is 0 Å². The van der Waals surface area contributed by atoms with Gasteiger partial charge in [-0.05, 0) is 34.9 Å². The number of aryl methyl sites for hydroxylation is 1. The van der Waals surface area contributed by atoms with Gasteiger partial charge >= 0.3 is 5.95 Å². The zero-order valence-electron chi connectivity index (χ0n) is 14.3. The second kappa shape index (κ2) is 6.48. The van der Waals surface area contributed by atoms with Gasteiger partial charge in [0.2, 0.25) is 0 Å². The Bertz CT molecular complexity index is 1040. The predicted molar refractivity (Wildman–Crippen MR) is 99.5 cm³/mol. The maximum atomic E-state index is 12.4. The summed E-state index contributed by atoms with van der Waals surface area (Å²) in [6, 6.07) is 19.8. The second-order valence-electron chi connectivity index (χ2n) is 6.26. The minimum Gasteiger partial charge on any atom is -0.872 e. The molecule has 0 aliphatic carbocycles. The van der Waals surface area contributed by atoms with Gasteiger partial charge in [-0.3, -0.25) is 5.32 Å². The molecule has 4 nitrogen and oxygen atoms in total. The molecule has 4 heteroatoms. The maximum absolute atomic E-state index is 12.4. The number of aromatic amines is 1. The van der Waals surface area contributed by atoms with Crippen molar-refractivity contribution in [1.29, 1.82) is 0 Å². The molecule has 0 saturated carbocycles. The summed E-state index contributed by atoms with van der Waals surface area (Å²) in [5.74, 6) is 1.01. The van der Waals surface area contributed by atoms with Gasteiger partial charge in [0.1, 0.15) is 11.0 Å². The van der Waals surface area contributed by atoms with Crippen LogP contribution in [-0.4, -0.2) is 4.98 Å². The zero-order valence-corrected chi connectivity index (χ0v) is 14.3. The summed E-state index contributed by atoms with van der Waals surface area (Å²) in [4.78, 5) is 3.44. The number of benzene rings is 3.